The first-order valence-corrected chi connectivity index (χ1v) is 6.89. The molecule has 0 spiro atoms. The molecule has 20 heavy (non-hydrogen) atoms. The zero-order valence-corrected chi connectivity index (χ0v) is 12.6. The van der Waals surface area contributed by atoms with Crippen LogP contribution in [0.5, 0.6) is 0 Å². The summed E-state index contributed by atoms with van der Waals surface area (Å²) in [5.74, 6) is -1.16. The fraction of sp³-hybridized carbons (Fsp3) is 0.667. The number of hydrogen-bond acceptors (Lipinski definition) is 3. The van der Waals surface area contributed by atoms with Crippen LogP contribution in [0.15, 0.2) is 11.6 Å². The molecule has 0 aromatic heterocycles. The second-order valence-electron chi connectivity index (χ2n) is 6.41. The lowest BCUT2D eigenvalue weighted by Gasteiger charge is -2.31. The molecule has 0 bridgehead atoms. The molecule has 0 fully saturated rings. The van der Waals surface area contributed by atoms with Crippen molar-refractivity contribution in [1.82, 2.24) is 4.90 Å². The summed E-state index contributed by atoms with van der Waals surface area (Å²) in [6, 6.07) is 0. The Labute approximate surface area is 119 Å². The van der Waals surface area contributed by atoms with E-state index in [1.54, 1.807) is 6.92 Å². The van der Waals surface area contributed by atoms with Gasteiger partial charge < -0.3 is 5.11 Å². The van der Waals surface area contributed by atoms with E-state index in [0.717, 1.165) is 0 Å². The molecule has 5 heteroatoms. The van der Waals surface area contributed by atoms with E-state index in [1.165, 1.54) is 11.0 Å². The third-order valence-corrected chi connectivity index (χ3v) is 3.82. The van der Waals surface area contributed by atoms with Crippen LogP contribution in [0.4, 0.5) is 0 Å². The molecular formula is C15H23NO4. The van der Waals surface area contributed by atoms with Crippen LogP contribution in [0.25, 0.3) is 0 Å². The van der Waals surface area contributed by atoms with Crippen molar-refractivity contribution in [1.29, 1.82) is 0 Å². The highest BCUT2D eigenvalue weighted by atomic mass is 16.4. The molecule has 1 N–H and O–H groups in total. The van der Waals surface area contributed by atoms with Gasteiger partial charge in [0.25, 0.3) is 11.8 Å². The number of imide groups is 1. The van der Waals surface area contributed by atoms with E-state index in [4.69, 9.17) is 5.11 Å². The van der Waals surface area contributed by atoms with E-state index >= 15 is 0 Å². The maximum atomic E-state index is 11.8. The van der Waals surface area contributed by atoms with Crippen LogP contribution in [0.3, 0.4) is 0 Å². The zero-order chi connectivity index (χ0) is 15.5. The van der Waals surface area contributed by atoms with Gasteiger partial charge in [-0.1, -0.05) is 20.8 Å². The summed E-state index contributed by atoms with van der Waals surface area (Å²) in [5.41, 5.74) is 0.414. The fourth-order valence-corrected chi connectivity index (χ4v) is 2.44. The van der Waals surface area contributed by atoms with Crippen LogP contribution in [0, 0.1) is 11.3 Å². The van der Waals surface area contributed by atoms with Crippen molar-refractivity contribution in [2.24, 2.45) is 11.3 Å². The summed E-state index contributed by atoms with van der Waals surface area (Å²) in [6.07, 6.45) is 2.66. The van der Waals surface area contributed by atoms with Crippen LogP contribution in [0.1, 0.15) is 47.0 Å². The van der Waals surface area contributed by atoms with Gasteiger partial charge in [0.2, 0.25) is 0 Å². The third kappa shape index (κ3) is 4.18. The lowest BCUT2D eigenvalue weighted by molar-refractivity contribution is -0.139. The van der Waals surface area contributed by atoms with Gasteiger partial charge in [-0.25, -0.2) is 0 Å². The van der Waals surface area contributed by atoms with E-state index < -0.39 is 5.97 Å². The topological polar surface area (TPSA) is 74.7 Å². The van der Waals surface area contributed by atoms with Gasteiger partial charge in [-0.15, -0.1) is 0 Å². The van der Waals surface area contributed by atoms with E-state index in [9.17, 15) is 14.4 Å². The summed E-state index contributed by atoms with van der Waals surface area (Å²) in [5, 5.41) is 8.80. The Morgan fingerprint density at radius 1 is 1.30 bits per heavy atom. The number of carboxylic acid groups (broad SMARTS) is 1. The van der Waals surface area contributed by atoms with Crippen molar-refractivity contribution in [3.63, 3.8) is 0 Å². The standard InChI is InChI=1S/C15H23NO4/c1-10-9-12(17)16(14(10)20)8-7-11(15(2,3)4)5-6-13(18)19/h9,11H,5-8H2,1-4H3,(H,18,19). The first-order chi connectivity index (χ1) is 9.12. The molecule has 1 aliphatic heterocycles. The van der Waals surface area contributed by atoms with Gasteiger partial charge in [0.15, 0.2) is 0 Å². The highest BCUT2D eigenvalue weighted by Crippen LogP contribution is 2.33. The number of carboxylic acids is 1. The van der Waals surface area contributed by atoms with Gasteiger partial charge in [0, 0.05) is 24.6 Å². The van der Waals surface area contributed by atoms with Crippen LogP contribution in [-0.4, -0.2) is 34.3 Å². The molecule has 1 heterocycles. The number of hydrogen-bond donors (Lipinski definition) is 1. The Balaban J connectivity index is 2.61. The molecule has 1 rings (SSSR count). The third-order valence-electron chi connectivity index (χ3n) is 3.82. The smallest absolute Gasteiger partial charge is 0.303 e. The van der Waals surface area contributed by atoms with Crippen molar-refractivity contribution in [2.45, 2.75) is 47.0 Å². The average Bonchev–Trinajstić information content (AvgIpc) is 2.52. The quantitative estimate of drug-likeness (QED) is 0.757. The van der Waals surface area contributed by atoms with E-state index in [2.05, 4.69) is 20.8 Å². The minimum absolute atomic E-state index is 0.0518. The molecule has 0 aromatic rings. The molecule has 2 amide bonds. The summed E-state index contributed by atoms with van der Waals surface area (Å²) >= 11 is 0. The van der Waals surface area contributed by atoms with Gasteiger partial charge in [0.1, 0.15) is 0 Å². The molecular weight excluding hydrogens is 258 g/mol. The highest BCUT2D eigenvalue weighted by molar-refractivity contribution is 6.15. The number of amides is 2. The van der Waals surface area contributed by atoms with Gasteiger partial charge in [-0.05, 0) is 31.1 Å². The molecule has 1 unspecified atom stereocenters. The summed E-state index contributed by atoms with van der Waals surface area (Å²) in [7, 11) is 0. The highest BCUT2D eigenvalue weighted by Gasteiger charge is 2.31. The predicted molar refractivity (Wildman–Crippen MR) is 74.9 cm³/mol. The van der Waals surface area contributed by atoms with Crippen molar-refractivity contribution in [3.05, 3.63) is 11.6 Å². The Morgan fingerprint density at radius 2 is 1.90 bits per heavy atom. The molecule has 1 aliphatic rings. The second-order valence-corrected chi connectivity index (χ2v) is 6.41. The minimum atomic E-state index is -0.815. The lowest BCUT2D eigenvalue weighted by Crippen LogP contribution is -2.34. The lowest BCUT2D eigenvalue weighted by atomic mass is 9.76. The Kier molecular flexibility index (Phi) is 5.09. The van der Waals surface area contributed by atoms with Crippen LogP contribution in [-0.2, 0) is 14.4 Å². The summed E-state index contributed by atoms with van der Waals surface area (Å²) in [4.78, 5) is 35.4. The van der Waals surface area contributed by atoms with E-state index in [0.29, 0.717) is 25.0 Å². The normalized spacial score (nSPS) is 17.4. The Morgan fingerprint density at radius 3 is 2.30 bits per heavy atom. The predicted octanol–water partition coefficient (Wildman–Crippen LogP) is 2.22. The maximum Gasteiger partial charge on any atom is 0.303 e. The maximum absolute atomic E-state index is 11.8. The molecule has 1 atom stereocenters. The van der Waals surface area contributed by atoms with Crippen LogP contribution >= 0.6 is 0 Å². The molecule has 0 saturated carbocycles. The monoisotopic (exact) mass is 281 g/mol. The fourth-order valence-electron chi connectivity index (χ4n) is 2.44. The van der Waals surface area contributed by atoms with Crippen molar-refractivity contribution >= 4 is 17.8 Å². The zero-order valence-electron chi connectivity index (χ0n) is 12.6. The second kappa shape index (κ2) is 6.20. The number of carbonyl (C=O) groups is 3. The number of carbonyl (C=O) groups excluding carboxylic acids is 2. The number of nitrogens with zero attached hydrogens (tertiary/aromatic N) is 1. The van der Waals surface area contributed by atoms with Gasteiger partial charge >= 0.3 is 5.97 Å². The summed E-state index contributed by atoms with van der Waals surface area (Å²) < 4.78 is 0. The van der Waals surface area contributed by atoms with E-state index in [1.807, 2.05) is 0 Å². The number of aliphatic carboxylic acids is 1. The first kappa shape index (κ1) is 16.4. The minimum Gasteiger partial charge on any atom is -0.481 e. The van der Waals surface area contributed by atoms with Gasteiger partial charge in [-0.3, -0.25) is 19.3 Å². The van der Waals surface area contributed by atoms with Crippen molar-refractivity contribution in [2.75, 3.05) is 6.54 Å². The largest absolute Gasteiger partial charge is 0.481 e. The molecule has 0 aliphatic carbocycles. The molecule has 0 radical (unpaired) electrons. The van der Waals surface area contributed by atoms with Crippen molar-refractivity contribution < 1.29 is 19.5 Å². The molecule has 0 saturated heterocycles. The van der Waals surface area contributed by atoms with Crippen LogP contribution in [0.2, 0.25) is 0 Å². The Bertz CT molecular complexity index is 445. The molecule has 0 aromatic carbocycles. The molecule has 5 nitrogen and oxygen atoms in total. The average molecular weight is 281 g/mol. The SMILES string of the molecule is CC1=CC(=O)N(CCC(CCC(=O)O)C(C)(C)C)C1=O. The molecule has 112 valence electrons. The number of rotatable bonds is 6. The van der Waals surface area contributed by atoms with Gasteiger partial charge in [0.05, 0.1) is 0 Å². The first-order valence-electron chi connectivity index (χ1n) is 6.89. The van der Waals surface area contributed by atoms with E-state index in [-0.39, 0.29) is 29.6 Å². The summed E-state index contributed by atoms with van der Waals surface area (Å²) in [6.45, 7) is 8.14. The van der Waals surface area contributed by atoms with Crippen LogP contribution < -0.4 is 0 Å². The Hall–Kier alpha value is -1.65. The van der Waals surface area contributed by atoms with Gasteiger partial charge in [-0.2, -0.15) is 0 Å². The van der Waals surface area contributed by atoms with Crippen molar-refractivity contribution in [3.8, 4) is 0 Å².